The Kier molecular flexibility index (Phi) is 4.64. The molecule has 0 saturated carbocycles. The van der Waals surface area contributed by atoms with Crippen LogP contribution in [0.2, 0.25) is 0 Å². The highest BCUT2D eigenvalue weighted by atomic mass is 16.5. The van der Waals surface area contributed by atoms with Crippen molar-refractivity contribution in [3.05, 3.63) is 23.8 Å². The summed E-state index contributed by atoms with van der Waals surface area (Å²) in [5.41, 5.74) is 1.89. The van der Waals surface area contributed by atoms with E-state index in [1.54, 1.807) is 9.80 Å². The van der Waals surface area contributed by atoms with E-state index in [1.807, 2.05) is 32.0 Å². The maximum absolute atomic E-state index is 13.0. The molecule has 1 N–H and O–H groups in total. The summed E-state index contributed by atoms with van der Waals surface area (Å²) < 4.78 is 5.96. The molecule has 1 aromatic rings. The van der Waals surface area contributed by atoms with Crippen LogP contribution in [0.3, 0.4) is 0 Å². The average molecular weight is 332 g/mol. The number of nitrogens with zero attached hydrogens (tertiary/aromatic N) is 2. The second-order valence-electron chi connectivity index (χ2n) is 6.61. The molecule has 2 aliphatic heterocycles. The summed E-state index contributed by atoms with van der Waals surface area (Å²) in [6.07, 6.45) is 1.85. The summed E-state index contributed by atoms with van der Waals surface area (Å²) in [5, 5.41) is 9.11. The van der Waals surface area contributed by atoms with Crippen molar-refractivity contribution in [3.8, 4) is 5.75 Å². The first-order valence-corrected chi connectivity index (χ1v) is 8.56. The lowest BCUT2D eigenvalue weighted by molar-refractivity contribution is -0.143. The van der Waals surface area contributed by atoms with E-state index in [-0.39, 0.29) is 18.1 Å². The number of amides is 2. The van der Waals surface area contributed by atoms with Crippen molar-refractivity contribution in [2.24, 2.45) is 5.92 Å². The number of rotatable bonds is 2. The molecule has 1 saturated heterocycles. The Morgan fingerprint density at radius 2 is 2.00 bits per heavy atom. The topological polar surface area (TPSA) is 70.1 Å². The number of ether oxygens (including phenoxy) is 1. The normalized spacial score (nSPS) is 21.2. The maximum Gasteiger partial charge on any atom is 0.324 e. The Hall–Kier alpha value is -2.24. The molecule has 0 spiro atoms. The highest BCUT2D eigenvalue weighted by Crippen LogP contribution is 2.36. The molecular weight excluding hydrogens is 308 g/mol. The Bertz CT molecular complexity index is 638. The third-order valence-corrected chi connectivity index (χ3v) is 4.89. The number of carboxylic acid groups (broad SMARTS) is 1. The second kappa shape index (κ2) is 6.71. The van der Waals surface area contributed by atoms with Gasteiger partial charge in [-0.05, 0) is 43.9 Å². The SMILES string of the molecule is CC[C@H]1CN(C(=O)N2CCC(C(=O)O)CC2)c2cc(C)ccc2O1. The minimum Gasteiger partial charge on any atom is -0.486 e. The Labute approximate surface area is 142 Å². The number of benzene rings is 1. The number of carboxylic acids is 1. The molecule has 1 aromatic carbocycles. The molecule has 130 valence electrons. The van der Waals surface area contributed by atoms with Crippen LogP contribution in [0.25, 0.3) is 0 Å². The molecule has 0 radical (unpaired) electrons. The zero-order valence-corrected chi connectivity index (χ0v) is 14.2. The number of aliphatic carboxylic acids is 1. The number of urea groups is 1. The van der Waals surface area contributed by atoms with Crippen molar-refractivity contribution in [1.29, 1.82) is 0 Å². The fourth-order valence-corrected chi connectivity index (χ4v) is 3.34. The molecule has 24 heavy (non-hydrogen) atoms. The van der Waals surface area contributed by atoms with Crippen molar-refractivity contribution >= 4 is 17.7 Å². The Balaban J connectivity index is 1.79. The van der Waals surface area contributed by atoms with Crippen LogP contribution in [0.1, 0.15) is 31.7 Å². The van der Waals surface area contributed by atoms with Gasteiger partial charge in [0.25, 0.3) is 0 Å². The summed E-state index contributed by atoms with van der Waals surface area (Å²) in [6, 6.07) is 5.83. The van der Waals surface area contributed by atoms with E-state index in [1.165, 1.54) is 0 Å². The van der Waals surface area contributed by atoms with Crippen LogP contribution in [0, 0.1) is 12.8 Å². The first-order chi connectivity index (χ1) is 11.5. The van der Waals surface area contributed by atoms with Gasteiger partial charge in [-0.1, -0.05) is 13.0 Å². The molecule has 2 amide bonds. The summed E-state index contributed by atoms with van der Waals surface area (Å²) in [4.78, 5) is 27.7. The number of hydrogen-bond donors (Lipinski definition) is 1. The fraction of sp³-hybridized carbons (Fsp3) is 0.556. The predicted octanol–water partition coefficient (Wildman–Crippen LogP) is 2.89. The van der Waals surface area contributed by atoms with Crippen molar-refractivity contribution in [2.45, 2.75) is 39.2 Å². The zero-order chi connectivity index (χ0) is 17.3. The summed E-state index contributed by atoms with van der Waals surface area (Å²) in [6.45, 7) is 5.55. The van der Waals surface area contributed by atoms with Crippen LogP contribution < -0.4 is 9.64 Å². The monoisotopic (exact) mass is 332 g/mol. The first kappa shape index (κ1) is 16.6. The molecule has 2 aliphatic rings. The van der Waals surface area contributed by atoms with E-state index < -0.39 is 5.97 Å². The lowest BCUT2D eigenvalue weighted by Crippen LogP contribution is -2.51. The quantitative estimate of drug-likeness (QED) is 0.904. The van der Waals surface area contributed by atoms with Crippen molar-refractivity contribution in [3.63, 3.8) is 0 Å². The van der Waals surface area contributed by atoms with Crippen LogP contribution in [0.5, 0.6) is 5.75 Å². The molecule has 6 heteroatoms. The molecule has 2 heterocycles. The number of hydrogen-bond acceptors (Lipinski definition) is 3. The molecule has 0 aliphatic carbocycles. The number of carbonyl (C=O) groups is 2. The number of piperidine rings is 1. The lowest BCUT2D eigenvalue weighted by Gasteiger charge is -2.39. The number of likely N-dealkylation sites (tertiary alicyclic amines) is 1. The van der Waals surface area contributed by atoms with Crippen LogP contribution in [-0.4, -0.2) is 47.7 Å². The van der Waals surface area contributed by atoms with Crippen molar-refractivity contribution in [1.82, 2.24) is 4.90 Å². The molecule has 3 rings (SSSR count). The van der Waals surface area contributed by atoms with E-state index in [9.17, 15) is 9.59 Å². The van der Waals surface area contributed by atoms with Crippen LogP contribution in [-0.2, 0) is 4.79 Å². The van der Waals surface area contributed by atoms with Crippen molar-refractivity contribution in [2.75, 3.05) is 24.5 Å². The van der Waals surface area contributed by atoms with Crippen LogP contribution in [0.15, 0.2) is 18.2 Å². The number of carbonyl (C=O) groups excluding carboxylic acids is 1. The minimum absolute atomic E-state index is 0.0132. The fourth-order valence-electron chi connectivity index (χ4n) is 3.34. The van der Waals surface area contributed by atoms with E-state index in [2.05, 4.69) is 0 Å². The average Bonchev–Trinajstić information content (AvgIpc) is 2.60. The van der Waals surface area contributed by atoms with Gasteiger partial charge in [0.05, 0.1) is 18.2 Å². The van der Waals surface area contributed by atoms with E-state index in [0.717, 1.165) is 23.4 Å². The standard InChI is InChI=1S/C18H24N2O4/c1-3-14-11-20(15-10-12(2)4-5-16(15)24-14)18(23)19-8-6-13(7-9-19)17(21)22/h4-5,10,13-14H,3,6-9,11H2,1-2H3,(H,21,22)/t14-/m0/s1. The largest absolute Gasteiger partial charge is 0.486 e. The Morgan fingerprint density at radius 3 is 2.62 bits per heavy atom. The van der Waals surface area contributed by atoms with Gasteiger partial charge in [0.2, 0.25) is 0 Å². The highest BCUT2D eigenvalue weighted by Gasteiger charge is 2.34. The minimum atomic E-state index is -0.763. The molecule has 1 atom stereocenters. The Morgan fingerprint density at radius 1 is 1.29 bits per heavy atom. The van der Waals surface area contributed by atoms with Gasteiger partial charge in [-0.15, -0.1) is 0 Å². The predicted molar refractivity (Wildman–Crippen MR) is 90.6 cm³/mol. The number of aryl methyl sites for hydroxylation is 1. The zero-order valence-electron chi connectivity index (χ0n) is 14.2. The van der Waals surface area contributed by atoms with Crippen LogP contribution in [0.4, 0.5) is 10.5 Å². The molecule has 6 nitrogen and oxygen atoms in total. The van der Waals surface area contributed by atoms with E-state index >= 15 is 0 Å². The summed E-state index contributed by atoms with van der Waals surface area (Å²) in [5.74, 6) is -0.357. The third kappa shape index (κ3) is 3.18. The maximum atomic E-state index is 13.0. The van der Waals surface area contributed by atoms with Gasteiger partial charge in [0, 0.05) is 13.1 Å². The van der Waals surface area contributed by atoms with Gasteiger partial charge in [-0.3, -0.25) is 9.69 Å². The molecular formula is C18H24N2O4. The van der Waals surface area contributed by atoms with Gasteiger partial charge in [0.1, 0.15) is 11.9 Å². The van der Waals surface area contributed by atoms with Crippen LogP contribution >= 0.6 is 0 Å². The highest BCUT2D eigenvalue weighted by molar-refractivity contribution is 5.94. The van der Waals surface area contributed by atoms with Gasteiger partial charge < -0.3 is 14.7 Å². The lowest BCUT2D eigenvalue weighted by atomic mass is 9.97. The summed E-state index contributed by atoms with van der Waals surface area (Å²) in [7, 11) is 0. The molecule has 0 aromatic heterocycles. The van der Waals surface area contributed by atoms with Gasteiger partial charge >= 0.3 is 12.0 Å². The third-order valence-electron chi connectivity index (χ3n) is 4.89. The van der Waals surface area contributed by atoms with Gasteiger partial charge in [-0.25, -0.2) is 4.79 Å². The first-order valence-electron chi connectivity index (χ1n) is 8.56. The van der Waals surface area contributed by atoms with Gasteiger partial charge in [0.15, 0.2) is 0 Å². The summed E-state index contributed by atoms with van der Waals surface area (Å²) >= 11 is 0. The van der Waals surface area contributed by atoms with E-state index in [0.29, 0.717) is 32.5 Å². The number of fused-ring (bicyclic) bond motifs is 1. The van der Waals surface area contributed by atoms with Gasteiger partial charge in [-0.2, -0.15) is 0 Å². The molecule has 0 bridgehead atoms. The molecule has 1 fully saturated rings. The van der Waals surface area contributed by atoms with E-state index in [4.69, 9.17) is 9.84 Å². The molecule has 0 unspecified atom stereocenters. The van der Waals surface area contributed by atoms with Crippen molar-refractivity contribution < 1.29 is 19.4 Å². The smallest absolute Gasteiger partial charge is 0.324 e. The second-order valence-corrected chi connectivity index (χ2v) is 6.61. The number of anilines is 1.